The second-order valence-corrected chi connectivity index (χ2v) is 1.92. The molecular weight excluding hydrogens is 144 g/mol. The van der Waals surface area contributed by atoms with Crippen LogP contribution in [0.15, 0.2) is 0 Å². The number of carbonyl (C=O) groups is 1. The molecule has 0 rings (SSSR count). The van der Waals surface area contributed by atoms with Crippen LogP contribution in [0.1, 0.15) is 35.1 Å². The first-order valence-corrected chi connectivity index (χ1v) is 3.00. The van der Waals surface area contributed by atoms with E-state index in [1.807, 2.05) is 13.8 Å². The predicted octanol–water partition coefficient (Wildman–Crippen LogP) is 2.16. The number of hydrogen-bond acceptors (Lipinski definition) is 2. The first-order chi connectivity index (χ1) is 4.16. The predicted molar refractivity (Wildman–Crippen MR) is 46.8 cm³/mol. The van der Waals surface area contributed by atoms with Crippen molar-refractivity contribution in [3.63, 3.8) is 0 Å². The van der Waals surface area contributed by atoms with Crippen LogP contribution in [0, 0.1) is 0 Å². The molecule has 0 aromatic carbocycles. The smallest absolute Gasteiger partial charge is 0.329 e. The molecule has 1 atom stereocenters. The van der Waals surface area contributed by atoms with Gasteiger partial charge in [-0.25, -0.2) is 4.79 Å². The first-order valence-electron chi connectivity index (χ1n) is 3.00. The fourth-order valence-corrected chi connectivity index (χ4v) is 0.331. The molecule has 0 aliphatic carbocycles. The highest BCUT2D eigenvalue weighted by Gasteiger charge is 2.00. The van der Waals surface area contributed by atoms with E-state index in [2.05, 4.69) is 0 Å². The highest BCUT2D eigenvalue weighted by atomic mass is 16.5. The van der Waals surface area contributed by atoms with Gasteiger partial charge in [-0.1, -0.05) is 21.8 Å². The van der Waals surface area contributed by atoms with Gasteiger partial charge in [-0.05, 0) is 13.3 Å². The minimum atomic E-state index is -0.907. The zero-order valence-corrected chi connectivity index (χ0v) is 5.76. The summed E-state index contributed by atoms with van der Waals surface area (Å²) in [6.45, 7) is 3.62. The van der Waals surface area contributed by atoms with E-state index < -0.39 is 5.97 Å². The van der Waals surface area contributed by atoms with Gasteiger partial charge in [0.1, 0.15) is 6.61 Å². The average molecular weight is 164 g/mol. The van der Waals surface area contributed by atoms with Gasteiger partial charge in [0, 0.05) is 0 Å². The highest BCUT2D eigenvalue weighted by Crippen LogP contribution is 1.93. The van der Waals surface area contributed by atoms with Crippen molar-refractivity contribution in [2.75, 3.05) is 6.61 Å². The number of carboxylic acid groups (broad SMARTS) is 1. The Kier molecular flexibility index (Phi) is 14.4. The van der Waals surface area contributed by atoms with Crippen molar-refractivity contribution in [2.45, 2.75) is 41.2 Å². The summed E-state index contributed by atoms with van der Waals surface area (Å²) in [7, 11) is 0. The lowest BCUT2D eigenvalue weighted by Crippen LogP contribution is -2.13. The maximum atomic E-state index is 9.89. The lowest BCUT2D eigenvalue weighted by Gasteiger charge is -2.06. The zero-order valence-electron chi connectivity index (χ0n) is 5.76. The fourth-order valence-electron chi connectivity index (χ4n) is 0.331. The molecule has 0 aliphatic heterocycles. The summed E-state index contributed by atoms with van der Waals surface area (Å²) < 4.78 is 4.85. The average Bonchev–Trinajstić information content (AvgIpc) is 1.83. The van der Waals surface area contributed by atoms with Crippen molar-refractivity contribution in [2.24, 2.45) is 0 Å². The fraction of sp³-hybridized carbons (Fsp3) is 0.875. The van der Waals surface area contributed by atoms with Crippen LogP contribution in [0.4, 0.5) is 0 Å². The molecule has 0 saturated carbocycles. The van der Waals surface area contributed by atoms with Gasteiger partial charge in [0.15, 0.2) is 0 Å². The number of carboxylic acids is 1. The van der Waals surface area contributed by atoms with E-state index in [-0.39, 0.29) is 27.6 Å². The van der Waals surface area contributed by atoms with E-state index in [0.717, 1.165) is 6.42 Å². The summed E-state index contributed by atoms with van der Waals surface area (Å²) in [4.78, 5) is 9.89. The first kappa shape index (κ1) is 16.8. The van der Waals surface area contributed by atoms with Gasteiger partial charge in [0.2, 0.25) is 0 Å². The van der Waals surface area contributed by atoms with Crippen LogP contribution >= 0.6 is 0 Å². The van der Waals surface area contributed by atoms with E-state index in [4.69, 9.17) is 9.84 Å². The van der Waals surface area contributed by atoms with Crippen LogP contribution in [0.5, 0.6) is 0 Å². The van der Waals surface area contributed by atoms with Crippen molar-refractivity contribution in [1.29, 1.82) is 0 Å². The molecule has 0 heterocycles. The van der Waals surface area contributed by atoms with Crippen LogP contribution in [0.25, 0.3) is 0 Å². The third kappa shape index (κ3) is 12.6. The largest absolute Gasteiger partial charge is 0.480 e. The Morgan fingerprint density at radius 3 is 2.27 bits per heavy atom. The Morgan fingerprint density at radius 2 is 2.00 bits per heavy atom. The molecular formula is C8H20O3. The Labute approximate surface area is 69.4 Å². The molecule has 0 saturated heterocycles. The lowest BCUT2D eigenvalue weighted by molar-refractivity contribution is -0.144. The van der Waals surface area contributed by atoms with Crippen LogP contribution < -0.4 is 0 Å². The second-order valence-electron chi connectivity index (χ2n) is 1.92. The highest BCUT2D eigenvalue weighted by molar-refractivity contribution is 5.68. The zero-order chi connectivity index (χ0) is 7.28. The van der Waals surface area contributed by atoms with Gasteiger partial charge in [-0.3, -0.25) is 0 Å². The summed E-state index contributed by atoms with van der Waals surface area (Å²) in [5.41, 5.74) is 0. The van der Waals surface area contributed by atoms with Crippen LogP contribution in [0.2, 0.25) is 0 Å². The van der Waals surface area contributed by atoms with Crippen LogP contribution in [0.3, 0.4) is 0 Å². The molecule has 0 aromatic heterocycles. The van der Waals surface area contributed by atoms with Gasteiger partial charge in [0.25, 0.3) is 0 Å². The Hall–Kier alpha value is -0.570. The molecule has 0 radical (unpaired) electrons. The summed E-state index contributed by atoms with van der Waals surface area (Å²) >= 11 is 0. The number of aliphatic carboxylic acids is 1. The molecule has 11 heavy (non-hydrogen) atoms. The van der Waals surface area contributed by atoms with E-state index in [1.165, 1.54) is 0 Å². The lowest BCUT2D eigenvalue weighted by atomic mass is 10.3. The molecule has 3 heteroatoms. The van der Waals surface area contributed by atoms with E-state index >= 15 is 0 Å². The van der Waals surface area contributed by atoms with Crippen molar-refractivity contribution in [1.82, 2.24) is 0 Å². The minimum Gasteiger partial charge on any atom is -0.480 e. The number of hydrogen-bond donors (Lipinski definition) is 1. The van der Waals surface area contributed by atoms with Crippen molar-refractivity contribution in [3.05, 3.63) is 0 Å². The monoisotopic (exact) mass is 164 g/mol. The molecule has 3 nitrogen and oxygen atoms in total. The Morgan fingerprint density at radius 1 is 1.55 bits per heavy atom. The van der Waals surface area contributed by atoms with E-state index in [9.17, 15) is 4.79 Å². The molecule has 0 aromatic rings. The van der Waals surface area contributed by atoms with Crippen molar-refractivity contribution in [3.8, 4) is 0 Å². The summed E-state index contributed by atoms with van der Waals surface area (Å²) in [6, 6.07) is 0. The van der Waals surface area contributed by atoms with E-state index in [0.29, 0.717) is 0 Å². The standard InChI is InChI=1S/C6H12O3.2CH4/c1-3-5(2)9-4-6(7)8;;/h5H,3-4H2,1-2H3,(H,7,8);2*1H4. The summed E-state index contributed by atoms with van der Waals surface area (Å²) in [5.74, 6) is -0.907. The molecule has 0 bridgehead atoms. The normalized spacial score (nSPS) is 10.7. The molecule has 0 amide bonds. The minimum absolute atomic E-state index is 0. The van der Waals surface area contributed by atoms with Crippen molar-refractivity contribution >= 4 is 5.97 Å². The molecule has 1 N–H and O–H groups in total. The Bertz CT molecular complexity index is 91.3. The third-order valence-electron chi connectivity index (χ3n) is 1.07. The van der Waals surface area contributed by atoms with Gasteiger partial charge in [-0.15, -0.1) is 0 Å². The number of rotatable bonds is 4. The topological polar surface area (TPSA) is 46.5 Å². The SMILES string of the molecule is C.C.CCC(C)OCC(=O)O. The quantitative estimate of drug-likeness (QED) is 0.692. The van der Waals surface area contributed by atoms with Crippen molar-refractivity contribution < 1.29 is 14.6 Å². The van der Waals surface area contributed by atoms with Gasteiger partial charge < -0.3 is 9.84 Å². The maximum absolute atomic E-state index is 9.89. The Balaban J connectivity index is -0.000000320. The van der Waals surface area contributed by atoms with Gasteiger partial charge in [-0.2, -0.15) is 0 Å². The van der Waals surface area contributed by atoms with Gasteiger partial charge >= 0.3 is 5.97 Å². The molecule has 0 aliphatic rings. The second kappa shape index (κ2) is 9.43. The van der Waals surface area contributed by atoms with Crippen LogP contribution in [-0.4, -0.2) is 23.8 Å². The molecule has 1 unspecified atom stereocenters. The molecule has 0 spiro atoms. The summed E-state index contributed by atoms with van der Waals surface area (Å²) in [5, 5.41) is 8.13. The summed E-state index contributed by atoms with van der Waals surface area (Å²) in [6.07, 6.45) is 0.911. The van der Waals surface area contributed by atoms with Gasteiger partial charge in [0.05, 0.1) is 6.10 Å². The van der Waals surface area contributed by atoms with E-state index in [1.54, 1.807) is 0 Å². The molecule has 70 valence electrons. The molecule has 0 fully saturated rings. The maximum Gasteiger partial charge on any atom is 0.329 e. The third-order valence-corrected chi connectivity index (χ3v) is 1.07. The van der Waals surface area contributed by atoms with Crippen LogP contribution in [-0.2, 0) is 9.53 Å². The number of ether oxygens (including phenoxy) is 1.